The van der Waals surface area contributed by atoms with Crippen LogP contribution in [0.5, 0.6) is 0 Å². The zero-order valence-corrected chi connectivity index (χ0v) is 78.1. The zero-order valence-electron chi connectivity index (χ0n) is 78.1. The van der Waals surface area contributed by atoms with Gasteiger partial charge in [-0.25, -0.2) is 29.9 Å². The smallest absolute Gasteiger partial charge is 0.165 e. The van der Waals surface area contributed by atoms with Gasteiger partial charge in [0, 0.05) is 43.8 Å². The van der Waals surface area contributed by atoms with Crippen molar-refractivity contribution in [1.29, 1.82) is 0 Å². The van der Waals surface area contributed by atoms with E-state index in [0.717, 1.165) is 191 Å². The molecule has 2 N–H and O–H groups in total. The Hall–Kier alpha value is -6.08. The predicted octanol–water partition coefficient (Wildman–Crippen LogP) is 29.9. The van der Waals surface area contributed by atoms with Gasteiger partial charge in [0.25, 0.3) is 0 Å². The number of hydrogen-bond donors (Lipinski definition) is 2. The van der Waals surface area contributed by atoms with Crippen molar-refractivity contribution in [3.05, 3.63) is 93.0 Å². The quantitative estimate of drug-likeness (QED) is 0.0343. The number of ether oxygens (including phenoxy) is 8. The van der Waals surface area contributed by atoms with Crippen LogP contribution in [0.2, 0.25) is 0 Å². The minimum atomic E-state index is 0.0115. The molecule has 3 aromatic heterocycles. The molecule has 120 heavy (non-hydrogen) atoms. The summed E-state index contributed by atoms with van der Waals surface area (Å²) < 4.78 is 56.5. The topological polar surface area (TPSA) is 183 Å². The molecule has 666 valence electrons. The number of benzene rings is 4. The van der Waals surface area contributed by atoms with Crippen LogP contribution in [0.3, 0.4) is 0 Å². The van der Waals surface area contributed by atoms with Gasteiger partial charge in [0.05, 0.1) is 102 Å². The standard InChI is InChI=1S/C104H162N8O8/c1-17-25-33-41-49-73(9)113-65-81-57-58-82(66-114-74(10)50-42-34-26-18-2)90-89(81)97-105-98(90)110-100-93-85(69-117-77(13)53-45-37-29-21-5)61-62-86(70-118-78(14)54-46-38-30-22-6)94(93)102(107-100)112-104-96-88(72-120-80(16)56-48-40-32-24-8)64-63-87(71-119-79(15)55-47-39-31-23-7)95(96)103(108-104)111-101-92-84(68-116-76(12)52-44-36-28-20-4)60-59-83(91(92)99(106-101)109-97)67-115-75(11)51-43-35-27-19-3/h57-64,73-80H,17-56,65-72H2,1-16H3,(H2,105,106,107,108,109,110,111,112). The zero-order chi connectivity index (χ0) is 85.4. The molecule has 2 aliphatic rings. The van der Waals surface area contributed by atoms with Gasteiger partial charge in [0.15, 0.2) is 23.3 Å². The first-order chi connectivity index (χ1) is 58.5. The largest absolute Gasteiger partial charge is 0.374 e. The summed E-state index contributed by atoms with van der Waals surface area (Å²) in [4.78, 5) is 43.9. The van der Waals surface area contributed by atoms with E-state index < -0.39 is 0 Å². The number of nitrogens with zero attached hydrogens (tertiary/aromatic N) is 6. The Bertz CT molecular complexity index is 3770. The van der Waals surface area contributed by atoms with Gasteiger partial charge in [-0.3, -0.25) is 0 Å². The van der Waals surface area contributed by atoms with E-state index in [-0.39, 0.29) is 48.8 Å². The molecule has 8 bridgehead atoms. The second kappa shape index (κ2) is 53.9. The normalized spacial score (nSPS) is 14.3. The molecule has 0 saturated heterocycles. The van der Waals surface area contributed by atoms with Crippen molar-refractivity contribution in [2.75, 3.05) is 0 Å². The first kappa shape index (κ1) is 97.7. The highest BCUT2D eigenvalue weighted by Crippen LogP contribution is 2.45. The maximum absolute atomic E-state index is 7.06. The number of rotatable bonds is 64. The van der Waals surface area contributed by atoms with Crippen molar-refractivity contribution < 1.29 is 37.9 Å². The molecule has 9 rings (SSSR count). The summed E-state index contributed by atoms with van der Waals surface area (Å²) in [6, 6.07) is 17.9. The van der Waals surface area contributed by atoms with E-state index in [2.05, 4.69) is 169 Å². The summed E-state index contributed by atoms with van der Waals surface area (Å²) in [5.74, 6) is 2.07. The molecule has 8 atom stereocenters. The third kappa shape index (κ3) is 30.1. The number of unbranched alkanes of at least 4 members (excludes halogenated alkanes) is 24. The number of nitrogens with one attached hydrogen (secondary N) is 2. The first-order valence-corrected chi connectivity index (χ1v) is 48.9. The second-order valence-corrected chi connectivity index (χ2v) is 35.9. The summed E-state index contributed by atoms with van der Waals surface area (Å²) in [6.07, 6.45) is 45.2. The minimum absolute atomic E-state index is 0.0115. The SMILES string of the molecule is CCCCCCC(C)OCc1ccc(COC(C)CCCCCC)c2c1-c1nc-2nc2[nH]c(nc3nc(nc4[nH]c(n1)c1c(COC(C)CCCCCC)ccc(COC(C)CCCCCC)c41)-c1c(COC(C)CCCCCC)ccc(COC(C)CCCCCC)c1-3)c1c(COC(C)CCCCCC)ccc(COC(C)CCCCCC)c21. The average molecular weight is 1650 g/mol. The first-order valence-electron chi connectivity index (χ1n) is 48.9. The lowest BCUT2D eigenvalue weighted by atomic mass is 9.96. The second-order valence-electron chi connectivity index (χ2n) is 35.9. The maximum Gasteiger partial charge on any atom is 0.165 e. The molecule has 5 heterocycles. The van der Waals surface area contributed by atoms with E-state index in [1.54, 1.807) is 0 Å². The van der Waals surface area contributed by atoms with Crippen LogP contribution in [0.4, 0.5) is 0 Å². The monoisotopic (exact) mass is 1650 g/mol. The van der Waals surface area contributed by atoms with Crippen molar-refractivity contribution in [2.45, 2.75) is 469 Å². The highest BCUT2D eigenvalue weighted by molar-refractivity contribution is 6.10. The van der Waals surface area contributed by atoms with Gasteiger partial charge in [-0.1, -0.05) is 309 Å². The minimum Gasteiger partial charge on any atom is -0.374 e. The molecule has 7 aromatic rings. The fraction of sp³-hybridized carbons (Fsp3) is 0.692. The summed E-state index contributed by atoms with van der Waals surface area (Å²) in [5, 5.41) is 3.59. The van der Waals surface area contributed by atoms with Crippen LogP contribution in [0.1, 0.15) is 412 Å². The van der Waals surface area contributed by atoms with Crippen LogP contribution in [0, 0.1) is 0 Å². The van der Waals surface area contributed by atoms with Crippen LogP contribution < -0.4 is 0 Å². The van der Waals surface area contributed by atoms with Crippen molar-refractivity contribution in [3.8, 4) is 45.6 Å². The number of hydrogen-bond acceptors (Lipinski definition) is 14. The van der Waals surface area contributed by atoms with Crippen molar-refractivity contribution >= 4 is 44.1 Å². The van der Waals surface area contributed by atoms with Crippen LogP contribution in [0.15, 0.2) is 48.5 Å². The van der Waals surface area contributed by atoms with Crippen molar-refractivity contribution in [3.63, 3.8) is 0 Å². The maximum atomic E-state index is 7.06. The Kier molecular flexibility index (Phi) is 43.9. The molecule has 4 aromatic carbocycles. The third-order valence-corrected chi connectivity index (χ3v) is 25.0. The van der Waals surface area contributed by atoms with Crippen LogP contribution in [-0.4, -0.2) is 88.7 Å². The van der Waals surface area contributed by atoms with Gasteiger partial charge in [0.1, 0.15) is 22.6 Å². The molecule has 0 fully saturated rings. The number of H-pyrrole nitrogens is 2. The molecule has 0 amide bonds. The Labute approximate surface area is 725 Å². The van der Waals surface area contributed by atoms with Crippen LogP contribution >= 0.6 is 0 Å². The highest BCUT2D eigenvalue weighted by atomic mass is 16.5. The molecular weight excluding hydrogens is 1490 g/mol. The Morgan fingerprint density at radius 1 is 0.200 bits per heavy atom. The molecule has 0 radical (unpaired) electrons. The van der Waals surface area contributed by atoms with E-state index in [4.69, 9.17) is 67.8 Å². The van der Waals surface area contributed by atoms with Gasteiger partial charge >= 0.3 is 0 Å². The predicted molar refractivity (Wildman–Crippen MR) is 500 cm³/mol. The Balaban J connectivity index is 1.46. The summed E-state index contributed by atoms with van der Waals surface area (Å²) in [6.45, 7) is 38.7. The van der Waals surface area contributed by atoms with E-state index in [9.17, 15) is 0 Å². The molecule has 0 spiro atoms. The van der Waals surface area contributed by atoms with Gasteiger partial charge < -0.3 is 47.9 Å². The van der Waals surface area contributed by atoms with E-state index in [1.165, 1.54) is 154 Å². The lowest BCUT2D eigenvalue weighted by Crippen LogP contribution is -2.10. The number of aromatic amines is 2. The lowest BCUT2D eigenvalue weighted by molar-refractivity contribution is 0.0447. The average Bonchev–Trinajstić information content (AvgIpc) is 1.57. The Morgan fingerprint density at radius 2 is 0.350 bits per heavy atom. The van der Waals surface area contributed by atoms with Gasteiger partial charge in [0.2, 0.25) is 0 Å². The summed E-state index contributed by atoms with van der Waals surface area (Å²) in [7, 11) is 0. The van der Waals surface area contributed by atoms with Crippen LogP contribution in [-0.2, 0) is 90.7 Å². The molecule has 0 saturated carbocycles. The number of fused-ring (bicyclic) bond motifs is 20. The molecule has 2 aliphatic heterocycles. The molecule has 8 unspecified atom stereocenters. The molecule has 16 nitrogen and oxygen atoms in total. The molecule has 0 aliphatic carbocycles. The van der Waals surface area contributed by atoms with Crippen molar-refractivity contribution in [1.82, 2.24) is 39.9 Å². The third-order valence-electron chi connectivity index (χ3n) is 25.0. The van der Waals surface area contributed by atoms with E-state index in [0.29, 0.717) is 98.7 Å². The summed E-state index contributed by atoms with van der Waals surface area (Å²) in [5.41, 5.74) is 13.7. The number of aromatic nitrogens is 8. The van der Waals surface area contributed by atoms with E-state index in [1.807, 2.05) is 0 Å². The fourth-order valence-corrected chi connectivity index (χ4v) is 17.2. The molecule has 16 heteroatoms. The van der Waals surface area contributed by atoms with Crippen LogP contribution in [0.25, 0.3) is 89.7 Å². The van der Waals surface area contributed by atoms with Crippen molar-refractivity contribution in [2.24, 2.45) is 0 Å². The molecular formula is C104H162N8O8. The fourth-order valence-electron chi connectivity index (χ4n) is 17.2. The van der Waals surface area contributed by atoms with Gasteiger partial charge in [-0.05, 0) is 151 Å². The lowest BCUT2D eigenvalue weighted by Gasteiger charge is -2.18. The van der Waals surface area contributed by atoms with Gasteiger partial charge in [-0.2, -0.15) is 0 Å². The van der Waals surface area contributed by atoms with Gasteiger partial charge in [-0.15, -0.1) is 0 Å². The summed E-state index contributed by atoms with van der Waals surface area (Å²) >= 11 is 0. The van der Waals surface area contributed by atoms with E-state index >= 15 is 0 Å². The Morgan fingerprint density at radius 3 is 0.508 bits per heavy atom. The highest BCUT2D eigenvalue weighted by Gasteiger charge is 2.32.